The van der Waals surface area contributed by atoms with Crippen LogP contribution in [0.5, 0.6) is 0 Å². The number of nitrogens with zero attached hydrogens (tertiary/aromatic N) is 2. The van der Waals surface area contributed by atoms with Crippen molar-refractivity contribution < 1.29 is 9.59 Å². The Labute approximate surface area is 214 Å². The molecule has 3 rings (SSSR count). The molecule has 0 saturated heterocycles. The van der Waals surface area contributed by atoms with E-state index in [0.29, 0.717) is 34.9 Å². The van der Waals surface area contributed by atoms with Gasteiger partial charge in [-0.15, -0.1) is 11.3 Å². The van der Waals surface area contributed by atoms with E-state index < -0.39 is 0 Å². The first-order valence-corrected chi connectivity index (χ1v) is 14.0. The first-order chi connectivity index (χ1) is 16.9. The van der Waals surface area contributed by atoms with Gasteiger partial charge in [0.1, 0.15) is 4.70 Å². The fraction of sp³-hybridized carbons (Fsp3) is 0.462. The molecule has 2 amide bonds. The predicted molar refractivity (Wildman–Crippen MR) is 144 cm³/mol. The Balaban J connectivity index is 1.50. The maximum atomic E-state index is 13.0. The molecule has 2 heterocycles. The van der Waals surface area contributed by atoms with Crippen LogP contribution in [0.4, 0.5) is 0 Å². The Hall–Kier alpha value is -2.65. The number of hydrogen-bond acceptors (Lipinski definition) is 6. The summed E-state index contributed by atoms with van der Waals surface area (Å²) in [6.07, 6.45) is 3.66. The van der Waals surface area contributed by atoms with Gasteiger partial charge >= 0.3 is 0 Å². The zero-order valence-electron chi connectivity index (χ0n) is 20.6. The lowest BCUT2D eigenvalue weighted by atomic mass is 10.1. The molecule has 1 atom stereocenters. The average Bonchev–Trinajstić information content (AvgIpc) is 3.32. The van der Waals surface area contributed by atoms with Gasteiger partial charge < -0.3 is 10.6 Å². The number of thiophene rings is 1. The molecule has 188 valence electrons. The first kappa shape index (κ1) is 26.9. The van der Waals surface area contributed by atoms with Crippen molar-refractivity contribution in [3.05, 3.63) is 57.2 Å². The molecule has 0 spiro atoms. The van der Waals surface area contributed by atoms with Crippen LogP contribution < -0.4 is 16.2 Å². The summed E-state index contributed by atoms with van der Waals surface area (Å²) in [5.74, 6) is 0.188. The molecule has 2 N–H and O–H groups in total. The van der Waals surface area contributed by atoms with Crippen LogP contribution >= 0.6 is 23.1 Å². The van der Waals surface area contributed by atoms with Crippen LogP contribution in [0.2, 0.25) is 0 Å². The lowest BCUT2D eigenvalue weighted by Crippen LogP contribution is -2.33. The van der Waals surface area contributed by atoms with Crippen LogP contribution in [-0.4, -0.2) is 33.2 Å². The normalized spacial score (nSPS) is 12.0. The number of nitrogens with one attached hydrogen (secondary N) is 2. The quantitative estimate of drug-likeness (QED) is 0.197. The fourth-order valence-electron chi connectivity index (χ4n) is 3.51. The van der Waals surface area contributed by atoms with Gasteiger partial charge in [0.05, 0.1) is 11.3 Å². The molecular formula is C26H34N4O3S2. The van der Waals surface area contributed by atoms with Crippen LogP contribution in [0, 0.1) is 6.92 Å². The van der Waals surface area contributed by atoms with Crippen molar-refractivity contribution in [2.75, 3.05) is 5.75 Å². The van der Waals surface area contributed by atoms with Crippen molar-refractivity contribution in [1.82, 2.24) is 20.2 Å². The summed E-state index contributed by atoms with van der Waals surface area (Å²) in [7, 11) is 0. The van der Waals surface area contributed by atoms with Gasteiger partial charge in [0.15, 0.2) is 5.16 Å². The summed E-state index contributed by atoms with van der Waals surface area (Å²) in [5, 5.41) is 8.34. The molecule has 7 nitrogen and oxygen atoms in total. The van der Waals surface area contributed by atoms with Crippen molar-refractivity contribution in [3.8, 4) is 0 Å². The second kappa shape index (κ2) is 13.4. The highest BCUT2D eigenvalue weighted by atomic mass is 32.2. The van der Waals surface area contributed by atoms with Crippen LogP contribution in [0.15, 0.2) is 45.7 Å². The van der Waals surface area contributed by atoms with E-state index in [-0.39, 0.29) is 29.2 Å². The number of fused-ring (bicyclic) bond motifs is 1. The van der Waals surface area contributed by atoms with E-state index in [1.807, 2.05) is 56.5 Å². The third-order valence-corrected chi connectivity index (χ3v) is 7.65. The monoisotopic (exact) mass is 514 g/mol. The van der Waals surface area contributed by atoms with Crippen LogP contribution in [0.25, 0.3) is 10.2 Å². The molecule has 3 aromatic rings. The maximum absolute atomic E-state index is 13.0. The van der Waals surface area contributed by atoms with E-state index in [1.165, 1.54) is 28.7 Å². The van der Waals surface area contributed by atoms with E-state index in [9.17, 15) is 14.4 Å². The molecule has 0 unspecified atom stereocenters. The molecule has 0 aliphatic carbocycles. The van der Waals surface area contributed by atoms with Crippen LogP contribution in [0.3, 0.4) is 0 Å². The van der Waals surface area contributed by atoms with Crippen molar-refractivity contribution in [3.63, 3.8) is 0 Å². The first-order valence-electron chi connectivity index (χ1n) is 12.1. The highest BCUT2D eigenvalue weighted by molar-refractivity contribution is 7.99. The van der Waals surface area contributed by atoms with E-state index >= 15 is 0 Å². The summed E-state index contributed by atoms with van der Waals surface area (Å²) in [6, 6.07) is 10.1. The van der Waals surface area contributed by atoms with E-state index in [2.05, 4.69) is 15.6 Å². The van der Waals surface area contributed by atoms with Crippen LogP contribution in [0.1, 0.15) is 57.1 Å². The largest absolute Gasteiger partial charge is 0.353 e. The number of aryl methyl sites for hydroxylation is 1. The fourth-order valence-corrected chi connectivity index (χ4v) is 5.12. The van der Waals surface area contributed by atoms with Gasteiger partial charge in [-0.2, -0.15) is 0 Å². The summed E-state index contributed by atoms with van der Waals surface area (Å²) in [4.78, 5) is 42.1. The number of aromatic nitrogens is 2. The lowest BCUT2D eigenvalue weighted by molar-refractivity contribution is -0.121. The standard InChI is InChI=1S/C26H34N4O3S2/c1-4-19(3)28-23(32)17-35-26-29-21-13-15-34-24(21)25(33)30(26)14-7-5-6-8-22(31)27-16-20-11-9-18(2)10-12-20/h9-13,15,19H,4-8,14,16-17H2,1-3H3,(H,27,31)(H,28,32)/t19-/m1/s1. The van der Waals surface area contributed by atoms with Crippen molar-refractivity contribution in [2.24, 2.45) is 0 Å². The van der Waals surface area contributed by atoms with Crippen LogP contribution in [-0.2, 0) is 22.7 Å². The third-order valence-electron chi connectivity index (χ3n) is 5.78. The third kappa shape index (κ3) is 8.21. The minimum absolute atomic E-state index is 0.0352. The van der Waals surface area contributed by atoms with Crippen molar-refractivity contribution in [1.29, 1.82) is 0 Å². The molecule has 0 radical (unpaired) electrons. The SMILES string of the molecule is CC[C@@H](C)NC(=O)CSc1nc2ccsc2c(=O)n1CCCCCC(=O)NCc1ccc(C)cc1. The number of amides is 2. The van der Waals surface area contributed by atoms with Gasteiger partial charge in [0.25, 0.3) is 5.56 Å². The van der Waals surface area contributed by atoms with E-state index in [0.717, 1.165) is 31.2 Å². The Bertz CT molecular complexity index is 1190. The lowest BCUT2D eigenvalue weighted by Gasteiger charge is -2.13. The number of hydrogen-bond donors (Lipinski definition) is 2. The van der Waals surface area contributed by atoms with E-state index in [1.54, 1.807) is 4.57 Å². The van der Waals surface area contributed by atoms with Gasteiger partial charge in [-0.3, -0.25) is 19.0 Å². The zero-order valence-corrected chi connectivity index (χ0v) is 22.3. The average molecular weight is 515 g/mol. The van der Waals surface area contributed by atoms with Gasteiger partial charge in [-0.05, 0) is 50.1 Å². The Morgan fingerprint density at radius 1 is 1.11 bits per heavy atom. The van der Waals surface area contributed by atoms with Crippen molar-refractivity contribution >= 4 is 45.1 Å². The molecule has 35 heavy (non-hydrogen) atoms. The molecule has 0 aliphatic heterocycles. The van der Waals surface area contributed by atoms with Gasteiger partial charge in [0.2, 0.25) is 11.8 Å². The van der Waals surface area contributed by atoms with Crippen molar-refractivity contribution in [2.45, 2.75) is 77.2 Å². The topological polar surface area (TPSA) is 93.1 Å². The summed E-state index contributed by atoms with van der Waals surface area (Å²) < 4.78 is 2.31. The Morgan fingerprint density at radius 2 is 1.89 bits per heavy atom. The number of unbranched alkanes of at least 4 members (excludes halogenated alkanes) is 2. The second-order valence-electron chi connectivity index (χ2n) is 8.72. The van der Waals surface area contributed by atoms with E-state index in [4.69, 9.17) is 0 Å². The molecule has 0 saturated carbocycles. The summed E-state index contributed by atoms with van der Waals surface area (Å²) in [5.41, 5.74) is 2.89. The smallest absolute Gasteiger partial charge is 0.272 e. The molecule has 2 aromatic heterocycles. The summed E-state index contributed by atoms with van der Waals surface area (Å²) >= 11 is 2.68. The van der Waals surface area contributed by atoms with Gasteiger partial charge in [-0.1, -0.05) is 54.9 Å². The van der Waals surface area contributed by atoms with Gasteiger partial charge in [0, 0.05) is 25.6 Å². The number of carbonyl (C=O) groups excluding carboxylic acids is 2. The highest BCUT2D eigenvalue weighted by Crippen LogP contribution is 2.21. The number of thioether (sulfide) groups is 1. The zero-order chi connectivity index (χ0) is 25.2. The van der Waals surface area contributed by atoms with Gasteiger partial charge in [-0.25, -0.2) is 4.98 Å². The number of carbonyl (C=O) groups is 2. The minimum Gasteiger partial charge on any atom is -0.353 e. The minimum atomic E-state index is -0.0642. The molecule has 0 aliphatic rings. The molecule has 9 heteroatoms. The second-order valence-corrected chi connectivity index (χ2v) is 10.6. The number of rotatable bonds is 13. The highest BCUT2D eigenvalue weighted by Gasteiger charge is 2.15. The molecular weight excluding hydrogens is 480 g/mol. The Kier molecular flexibility index (Phi) is 10.3. The predicted octanol–water partition coefficient (Wildman–Crippen LogP) is 4.65. The Morgan fingerprint density at radius 3 is 2.63 bits per heavy atom. The maximum Gasteiger partial charge on any atom is 0.272 e. The number of benzene rings is 1. The molecule has 0 fully saturated rings. The molecule has 1 aromatic carbocycles. The molecule has 0 bridgehead atoms. The summed E-state index contributed by atoms with van der Waals surface area (Å²) in [6.45, 7) is 7.08.